The average Bonchev–Trinajstić information content (AvgIpc) is 2.76. The maximum atomic E-state index is 10.0. The van der Waals surface area contributed by atoms with Gasteiger partial charge in [0.1, 0.15) is 0 Å². The molecule has 1 N–H and O–H groups in total. The van der Waals surface area contributed by atoms with Gasteiger partial charge in [0.15, 0.2) is 5.82 Å². The van der Waals surface area contributed by atoms with E-state index in [1.54, 1.807) is 0 Å². The van der Waals surface area contributed by atoms with E-state index in [-0.39, 0.29) is 12.1 Å². The van der Waals surface area contributed by atoms with Crippen molar-refractivity contribution in [1.29, 1.82) is 0 Å². The summed E-state index contributed by atoms with van der Waals surface area (Å²) in [4.78, 5) is 6.54. The van der Waals surface area contributed by atoms with Crippen LogP contribution in [-0.2, 0) is 13.0 Å². The van der Waals surface area contributed by atoms with E-state index in [1.165, 1.54) is 6.42 Å². The van der Waals surface area contributed by atoms with Crippen molar-refractivity contribution >= 4 is 0 Å². The summed E-state index contributed by atoms with van der Waals surface area (Å²) in [7, 11) is 2.02. The van der Waals surface area contributed by atoms with Gasteiger partial charge in [-0.25, -0.2) is 0 Å². The van der Waals surface area contributed by atoms with Crippen LogP contribution in [-0.4, -0.2) is 39.3 Å². The molecule has 1 aromatic heterocycles. The first-order chi connectivity index (χ1) is 9.06. The van der Waals surface area contributed by atoms with Gasteiger partial charge in [-0.15, -0.1) is 0 Å². The third-order valence-corrected chi connectivity index (χ3v) is 3.75. The van der Waals surface area contributed by atoms with Crippen LogP contribution in [0.4, 0.5) is 0 Å². The number of hydrogen-bond donors (Lipinski definition) is 1. The molecule has 2 rings (SSSR count). The summed E-state index contributed by atoms with van der Waals surface area (Å²) in [5.41, 5.74) is 0. The van der Waals surface area contributed by atoms with Crippen LogP contribution in [0.15, 0.2) is 4.52 Å². The summed E-state index contributed by atoms with van der Waals surface area (Å²) in [6.45, 7) is 4.90. The summed E-state index contributed by atoms with van der Waals surface area (Å²) in [6.07, 6.45) is 4.89. The van der Waals surface area contributed by atoms with Gasteiger partial charge >= 0.3 is 0 Å². The van der Waals surface area contributed by atoms with Crippen LogP contribution >= 0.6 is 0 Å². The van der Waals surface area contributed by atoms with Crippen molar-refractivity contribution in [2.24, 2.45) is 5.92 Å². The third kappa shape index (κ3) is 4.01. The Bertz CT molecular complexity index is 392. The van der Waals surface area contributed by atoms with E-state index in [4.69, 9.17) is 4.52 Å². The molecular formula is C14H25N3O2. The lowest BCUT2D eigenvalue weighted by molar-refractivity contribution is 0.0248. The Morgan fingerprint density at radius 3 is 2.79 bits per heavy atom. The van der Waals surface area contributed by atoms with Crippen molar-refractivity contribution in [3.8, 4) is 0 Å². The Morgan fingerprint density at radius 2 is 2.11 bits per heavy atom. The SMILES string of the molecule is CC(C)Cc1noc(CN(C)C2CCCCC2O)n1. The van der Waals surface area contributed by atoms with Crippen molar-refractivity contribution in [1.82, 2.24) is 15.0 Å². The number of rotatable bonds is 5. The second-order valence-electron chi connectivity index (χ2n) is 6.04. The first kappa shape index (κ1) is 14.5. The molecular weight excluding hydrogens is 242 g/mol. The summed E-state index contributed by atoms with van der Waals surface area (Å²) in [5.74, 6) is 1.96. The molecule has 0 spiro atoms. The standard InChI is InChI=1S/C14H25N3O2/c1-10(2)8-13-15-14(19-16-13)9-17(3)11-6-4-5-7-12(11)18/h10-12,18H,4-9H2,1-3H3. The van der Waals surface area contributed by atoms with Crippen LogP contribution in [0.1, 0.15) is 51.2 Å². The number of hydrogen-bond acceptors (Lipinski definition) is 5. The number of aliphatic hydroxyl groups excluding tert-OH is 1. The van der Waals surface area contributed by atoms with Gasteiger partial charge in [-0.3, -0.25) is 4.90 Å². The third-order valence-electron chi connectivity index (χ3n) is 3.75. The first-order valence-electron chi connectivity index (χ1n) is 7.26. The van der Waals surface area contributed by atoms with Crippen LogP contribution in [0.2, 0.25) is 0 Å². The van der Waals surface area contributed by atoms with E-state index in [0.29, 0.717) is 18.4 Å². The normalized spacial score (nSPS) is 24.3. The molecule has 0 bridgehead atoms. The van der Waals surface area contributed by atoms with Crippen LogP contribution in [0.5, 0.6) is 0 Å². The Kier molecular flexibility index (Phi) is 4.93. The number of likely N-dealkylation sites (N-methyl/N-ethyl adjacent to an activating group) is 1. The van der Waals surface area contributed by atoms with E-state index >= 15 is 0 Å². The van der Waals surface area contributed by atoms with Gasteiger partial charge in [-0.05, 0) is 25.8 Å². The number of nitrogens with zero attached hydrogens (tertiary/aromatic N) is 3. The topological polar surface area (TPSA) is 62.4 Å². The van der Waals surface area contributed by atoms with Crippen molar-refractivity contribution in [2.75, 3.05) is 7.05 Å². The minimum absolute atomic E-state index is 0.217. The molecule has 1 aromatic rings. The van der Waals surface area contributed by atoms with Crippen molar-refractivity contribution < 1.29 is 9.63 Å². The molecule has 2 unspecified atom stereocenters. The molecule has 2 atom stereocenters. The molecule has 0 aromatic carbocycles. The van der Waals surface area contributed by atoms with E-state index in [9.17, 15) is 5.11 Å². The lowest BCUT2D eigenvalue weighted by Crippen LogP contribution is -2.42. The van der Waals surface area contributed by atoms with E-state index < -0.39 is 0 Å². The summed E-state index contributed by atoms with van der Waals surface area (Å²) in [5, 5.41) is 14.0. The highest BCUT2D eigenvalue weighted by Gasteiger charge is 2.27. The summed E-state index contributed by atoms with van der Waals surface area (Å²) in [6, 6.07) is 0.217. The molecule has 0 radical (unpaired) electrons. The second-order valence-corrected chi connectivity index (χ2v) is 6.04. The van der Waals surface area contributed by atoms with Gasteiger partial charge in [0.2, 0.25) is 5.89 Å². The smallest absolute Gasteiger partial charge is 0.240 e. The summed E-state index contributed by atoms with van der Waals surface area (Å²) >= 11 is 0. The van der Waals surface area contributed by atoms with E-state index in [2.05, 4.69) is 28.9 Å². The Morgan fingerprint density at radius 1 is 1.37 bits per heavy atom. The molecule has 1 fully saturated rings. The zero-order valence-corrected chi connectivity index (χ0v) is 12.2. The fourth-order valence-electron chi connectivity index (χ4n) is 2.74. The molecule has 0 saturated heterocycles. The molecule has 0 amide bonds. The van der Waals surface area contributed by atoms with Crippen LogP contribution in [0.3, 0.4) is 0 Å². The largest absolute Gasteiger partial charge is 0.391 e. The Balaban J connectivity index is 1.90. The zero-order valence-electron chi connectivity index (χ0n) is 12.2. The lowest BCUT2D eigenvalue weighted by Gasteiger charge is -2.34. The van der Waals surface area contributed by atoms with Gasteiger partial charge < -0.3 is 9.63 Å². The second kappa shape index (κ2) is 6.48. The van der Waals surface area contributed by atoms with Crippen molar-refractivity contribution in [3.63, 3.8) is 0 Å². The van der Waals surface area contributed by atoms with Crippen LogP contribution in [0.25, 0.3) is 0 Å². The van der Waals surface area contributed by atoms with Gasteiger partial charge in [0.25, 0.3) is 0 Å². The number of aromatic nitrogens is 2. The molecule has 5 nitrogen and oxygen atoms in total. The van der Waals surface area contributed by atoms with Crippen LogP contribution < -0.4 is 0 Å². The molecule has 1 aliphatic carbocycles. The molecule has 19 heavy (non-hydrogen) atoms. The van der Waals surface area contributed by atoms with Crippen molar-refractivity contribution in [3.05, 3.63) is 11.7 Å². The quantitative estimate of drug-likeness (QED) is 0.884. The highest BCUT2D eigenvalue weighted by Crippen LogP contribution is 2.23. The Labute approximate surface area is 115 Å². The zero-order chi connectivity index (χ0) is 13.8. The average molecular weight is 267 g/mol. The maximum absolute atomic E-state index is 10.0. The number of aliphatic hydroxyl groups is 1. The Hall–Kier alpha value is -0.940. The molecule has 5 heteroatoms. The van der Waals surface area contributed by atoms with Gasteiger partial charge in [0.05, 0.1) is 12.6 Å². The monoisotopic (exact) mass is 267 g/mol. The molecule has 1 aliphatic rings. The molecule has 1 saturated carbocycles. The predicted molar refractivity (Wildman–Crippen MR) is 72.6 cm³/mol. The molecule has 108 valence electrons. The fraction of sp³-hybridized carbons (Fsp3) is 0.857. The minimum atomic E-state index is -0.225. The van der Waals surface area contributed by atoms with Gasteiger partial charge in [-0.2, -0.15) is 4.98 Å². The first-order valence-corrected chi connectivity index (χ1v) is 7.26. The highest BCUT2D eigenvalue weighted by atomic mass is 16.5. The van der Waals surface area contributed by atoms with E-state index in [0.717, 1.165) is 31.5 Å². The summed E-state index contributed by atoms with van der Waals surface area (Å²) < 4.78 is 5.28. The fourth-order valence-corrected chi connectivity index (χ4v) is 2.74. The lowest BCUT2D eigenvalue weighted by atomic mass is 9.91. The van der Waals surface area contributed by atoms with Gasteiger partial charge in [-0.1, -0.05) is 31.8 Å². The van der Waals surface area contributed by atoms with E-state index in [1.807, 2.05) is 7.05 Å². The van der Waals surface area contributed by atoms with Crippen molar-refractivity contribution in [2.45, 2.75) is 64.6 Å². The maximum Gasteiger partial charge on any atom is 0.240 e. The molecule has 0 aliphatic heterocycles. The highest BCUT2D eigenvalue weighted by molar-refractivity contribution is 4.89. The van der Waals surface area contributed by atoms with Crippen LogP contribution in [0, 0.1) is 5.92 Å². The van der Waals surface area contributed by atoms with Gasteiger partial charge in [0, 0.05) is 12.5 Å². The molecule has 1 heterocycles. The predicted octanol–water partition coefficient (Wildman–Crippen LogP) is 2.00. The minimum Gasteiger partial charge on any atom is -0.391 e.